The summed E-state index contributed by atoms with van der Waals surface area (Å²) < 4.78 is 35.9. The minimum absolute atomic E-state index is 0.257. The van der Waals surface area contributed by atoms with Gasteiger partial charge in [-0.3, -0.25) is 0 Å². The zero-order valence-electron chi connectivity index (χ0n) is 17.0. The van der Waals surface area contributed by atoms with E-state index in [2.05, 4.69) is 21.7 Å². The summed E-state index contributed by atoms with van der Waals surface area (Å²) in [4.78, 5) is 4.37. The van der Waals surface area contributed by atoms with Crippen LogP contribution in [0.1, 0.15) is 28.8 Å². The molecular weight excluding hydrogens is 382 g/mol. The van der Waals surface area contributed by atoms with Crippen LogP contribution in [0.4, 0.5) is 8.78 Å². The zero-order valence-corrected chi connectivity index (χ0v) is 17.0. The highest BCUT2D eigenvalue weighted by molar-refractivity contribution is 6.00. The molecule has 0 saturated heterocycles. The monoisotopic (exact) mass is 404 g/mol. The second-order valence-corrected chi connectivity index (χ2v) is 7.83. The molecule has 0 N–H and O–H groups in total. The average Bonchev–Trinajstić information content (AvgIpc) is 3.31. The number of aromatic nitrogens is 2. The summed E-state index contributed by atoms with van der Waals surface area (Å²) in [6.45, 7) is 2.28. The van der Waals surface area contributed by atoms with E-state index in [-0.39, 0.29) is 6.54 Å². The molecule has 2 aromatic carbocycles. The molecule has 5 heteroatoms. The number of benzene rings is 2. The molecule has 1 aliphatic carbocycles. The second kappa shape index (κ2) is 7.24. The fraction of sp³-hybridized carbons (Fsp3) is 0.240. The topological polar surface area (TPSA) is 27.1 Å². The summed E-state index contributed by atoms with van der Waals surface area (Å²) in [5.41, 5.74) is 6.97. The normalized spacial score (nSPS) is 13.1. The number of ether oxygens (including phenoxy) is 1. The van der Waals surface area contributed by atoms with Gasteiger partial charge in [0.15, 0.2) is 0 Å². The van der Waals surface area contributed by atoms with Gasteiger partial charge in [0.05, 0.1) is 13.7 Å². The molecule has 1 aliphatic rings. The van der Waals surface area contributed by atoms with E-state index in [1.54, 1.807) is 13.3 Å². The summed E-state index contributed by atoms with van der Waals surface area (Å²) in [5, 5.41) is 1.09. The molecule has 5 rings (SSSR count). The zero-order chi connectivity index (χ0) is 20.8. The standard InChI is InChI=1S/C25H22F2N2O/c1-15-24(20-7-4-10-28-25(20)30-2)21-12-16-5-3-6-17(16)13-23(21)29(15)14-18-11-19(26)8-9-22(18)27/h4,7-13H,3,5-6,14H2,1-2H3. The van der Waals surface area contributed by atoms with Crippen LogP contribution < -0.4 is 4.74 Å². The van der Waals surface area contributed by atoms with E-state index in [9.17, 15) is 8.78 Å². The molecule has 0 amide bonds. The Bertz CT molecular complexity index is 1280. The molecule has 0 radical (unpaired) electrons. The molecule has 0 aliphatic heterocycles. The quantitative estimate of drug-likeness (QED) is 0.428. The van der Waals surface area contributed by atoms with Gasteiger partial charge in [-0.25, -0.2) is 13.8 Å². The maximum absolute atomic E-state index is 14.4. The Balaban J connectivity index is 1.79. The van der Waals surface area contributed by atoms with Crippen LogP contribution in [0.2, 0.25) is 0 Å². The van der Waals surface area contributed by atoms with Crippen molar-refractivity contribution in [3.63, 3.8) is 0 Å². The Hall–Kier alpha value is -3.21. The number of hydrogen-bond acceptors (Lipinski definition) is 2. The maximum Gasteiger partial charge on any atom is 0.221 e. The average molecular weight is 404 g/mol. The summed E-state index contributed by atoms with van der Waals surface area (Å²) >= 11 is 0. The van der Waals surface area contributed by atoms with Gasteiger partial charge in [-0.1, -0.05) is 0 Å². The highest BCUT2D eigenvalue weighted by Gasteiger charge is 2.23. The summed E-state index contributed by atoms with van der Waals surface area (Å²) in [6.07, 6.45) is 4.97. The predicted molar refractivity (Wildman–Crippen MR) is 114 cm³/mol. The van der Waals surface area contributed by atoms with E-state index in [1.165, 1.54) is 23.3 Å². The molecule has 0 fully saturated rings. The number of aryl methyl sites for hydroxylation is 2. The van der Waals surface area contributed by atoms with Crippen molar-refractivity contribution in [1.29, 1.82) is 0 Å². The first-order chi connectivity index (χ1) is 14.6. The van der Waals surface area contributed by atoms with Gasteiger partial charge in [0.25, 0.3) is 0 Å². The number of rotatable bonds is 4. The third kappa shape index (κ3) is 2.96. The number of fused-ring (bicyclic) bond motifs is 2. The largest absolute Gasteiger partial charge is 0.481 e. The Kier molecular flexibility index (Phi) is 4.54. The van der Waals surface area contributed by atoms with Crippen LogP contribution in [0.3, 0.4) is 0 Å². The van der Waals surface area contributed by atoms with Crippen molar-refractivity contribution in [3.05, 3.63) is 82.7 Å². The molecule has 0 saturated carbocycles. The van der Waals surface area contributed by atoms with E-state index in [1.807, 2.05) is 19.1 Å². The van der Waals surface area contributed by atoms with E-state index in [4.69, 9.17) is 4.74 Å². The van der Waals surface area contributed by atoms with Crippen LogP contribution in [-0.4, -0.2) is 16.7 Å². The SMILES string of the molecule is COc1ncccc1-c1c(C)n(Cc2cc(F)ccc2F)c2cc3c(cc12)CCC3. The van der Waals surface area contributed by atoms with E-state index in [0.717, 1.165) is 53.1 Å². The van der Waals surface area contributed by atoms with Crippen LogP contribution >= 0.6 is 0 Å². The lowest BCUT2D eigenvalue weighted by Crippen LogP contribution is -2.05. The smallest absolute Gasteiger partial charge is 0.221 e. The van der Waals surface area contributed by atoms with Crippen LogP contribution in [0.5, 0.6) is 5.88 Å². The molecule has 0 bridgehead atoms. The van der Waals surface area contributed by atoms with Crippen molar-refractivity contribution in [2.45, 2.75) is 32.7 Å². The van der Waals surface area contributed by atoms with Gasteiger partial charge >= 0.3 is 0 Å². The van der Waals surface area contributed by atoms with Crippen LogP contribution in [0.15, 0.2) is 48.7 Å². The predicted octanol–water partition coefficient (Wildman–Crippen LogP) is 5.84. The molecule has 0 atom stereocenters. The number of nitrogens with zero attached hydrogens (tertiary/aromatic N) is 2. The minimum atomic E-state index is -0.435. The van der Waals surface area contributed by atoms with Gasteiger partial charge in [0.1, 0.15) is 11.6 Å². The van der Waals surface area contributed by atoms with Gasteiger partial charge in [-0.15, -0.1) is 0 Å². The number of halogens is 2. The molecule has 0 unspecified atom stereocenters. The lowest BCUT2D eigenvalue weighted by Gasteiger charge is -2.11. The first kappa shape index (κ1) is 18.8. The maximum atomic E-state index is 14.4. The van der Waals surface area contributed by atoms with Crippen molar-refractivity contribution < 1.29 is 13.5 Å². The lowest BCUT2D eigenvalue weighted by molar-refractivity contribution is 0.399. The lowest BCUT2D eigenvalue weighted by atomic mass is 10.00. The van der Waals surface area contributed by atoms with E-state index >= 15 is 0 Å². The van der Waals surface area contributed by atoms with Gasteiger partial charge in [-0.05, 0) is 79.8 Å². The molecule has 4 aromatic rings. The third-order valence-electron chi connectivity index (χ3n) is 6.11. The van der Waals surface area contributed by atoms with Crippen LogP contribution in [0, 0.1) is 18.6 Å². The van der Waals surface area contributed by atoms with E-state index in [0.29, 0.717) is 11.4 Å². The van der Waals surface area contributed by atoms with Crippen molar-refractivity contribution in [2.75, 3.05) is 7.11 Å². The molecule has 2 heterocycles. The molecule has 0 spiro atoms. The fourth-order valence-electron chi connectivity index (χ4n) is 4.67. The Morgan fingerprint density at radius 3 is 2.67 bits per heavy atom. The number of methoxy groups -OCH3 is 1. The van der Waals surface area contributed by atoms with Crippen molar-refractivity contribution in [3.8, 4) is 17.0 Å². The number of pyridine rings is 1. The second-order valence-electron chi connectivity index (χ2n) is 7.83. The first-order valence-electron chi connectivity index (χ1n) is 10.1. The summed E-state index contributed by atoms with van der Waals surface area (Å²) in [7, 11) is 1.61. The Labute approximate surface area is 173 Å². The molecule has 30 heavy (non-hydrogen) atoms. The molecule has 2 aromatic heterocycles. The van der Waals surface area contributed by atoms with E-state index < -0.39 is 11.6 Å². The highest BCUT2D eigenvalue weighted by atomic mass is 19.1. The minimum Gasteiger partial charge on any atom is -0.481 e. The van der Waals surface area contributed by atoms with Crippen molar-refractivity contribution in [2.24, 2.45) is 0 Å². The third-order valence-corrected chi connectivity index (χ3v) is 6.11. The van der Waals surface area contributed by atoms with Gasteiger partial charge in [0.2, 0.25) is 5.88 Å². The van der Waals surface area contributed by atoms with Crippen molar-refractivity contribution >= 4 is 10.9 Å². The Morgan fingerprint density at radius 1 is 1.07 bits per heavy atom. The van der Waals surface area contributed by atoms with Crippen LogP contribution in [-0.2, 0) is 19.4 Å². The summed E-state index contributed by atoms with van der Waals surface area (Å²) in [5.74, 6) is -0.285. The van der Waals surface area contributed by atoms with Gasteiger partial charge in [0, 0.05) is 39.5 Å². The number of hydrogen-bond donors (Lipinski definition) is 0. The highest BCUT2D eigenvalue weighted by Crippen LogP contribution is 2.41. The van der Waals surface area contributed by atoms with Crippen molar-refractivity contribution in [1.82, 2.24) is 9.55 Å². The van der Waals surface area contributed by atoms with Gasteiger partial charge < -0.3 is 9.30 Å². The first-order valence-corrected chi connectivity index (χ1v) is 10.1. The van der Waals surface area contributed by atoms with Gasteiger partial charge in [-0.2, -0.15) is 0 Å². The van der Waals surface area contributed by atoms with Crippen LogP contribution in [0.25, 0.3) is 22.0 Å². The fourth-order valence-corrected chi connectivity index (χ4v) is 4.67. The molecule has 3 nitrogen and oxygen atoms in total. The summed E-state index contributed by atoms with van der Waals surface area (Å²) in [6, 6.07) is 12.0. The molecular formula is C25H22F2N2O. The molecule has 152 valence electrons. The Morgan fingerprint density at radius 2 is 1.87 bits per heavy atom.